The molecule has 1 N–H and O–H groups in total. The minimum atomic E-state index is -0.952. The summed E-state index contributed by atoms with van der Waals surface area (Å²) in [6, 6.07) is 8.65. The van der Waals surface area contributed by atoms with E-state index < -0.39 is 22.9 Å². The van der Waals surface area contributed by atoms with Crippen LogP contribution in [0.4, 0.5) is 0 Å². The van der Waals surface area contributed by atoms with Crippen LogP contribution in [0.15, 0.2) is 56.5 Å². The zero-order valence-corrected chi connectivity index (χ0v) is 20.1. The van der Waals surface area contributed by atoms with Crippen LogP contribution in [0.25, 0.3) is 5.69 Å². The molecule has 0 aliphatic carbocycles. The largest absolute Gasteiger partial charge is 0.496 e. The van der Waals surface area contributed by atoms with Crippen LogP contribution in [0.2, 0.25) is 0 Å². The topological polar surface area (TPSA) is 113 Å². The third kappa shape index (κ3) is 5.40. The number of aromatic amines is 1. The Balaban J connectivity index is 1.98. The Kier molecular flexibility index (Phi) is 7.17. The maximum Gasteiger partial charge on any atom is 0.364 e. The van der Waals surface area contributed by atoms with Crippen LogP contribution in [0, 0.1) is 13.8 Å². The van der Waals surface area contributed by atoms with Gasteiger partial charge in [0.25, 0.3) is 5.56 Å². The van der Waals surface area contributed by atoms with Gasteiger partial charge < -0.3 is 14.2 Å². The molecule has 0 saturated heterocycles. The van der Waals surface area contributed by atoms with Crippen molar-refractivity contribution in [2.75, 3.05) is 13.7 Å². The van der Waals surface area contributed by atoms with E-state index in [4.69, 9.17) is 14.2 Å². The smallest absolute Gasteiger partial charge is 0.364 e. The number of methoxy groups -OCH3 is 1. The normalized spacial score (nSPS) is 10.6. The molecule has 9 nitrogen and oxygen atoms in total. The van der Waals surface area contributed by atoms with E-state index in [0.29, 0.717) is 39.6 Å². The predicted octanol–water partition coefficient (Wildman–Crippen LogP) is 3.83. The average molecular weight is 516 g/mol. The monoisotopic (exact) mass is 515 g/mol. The first-order valence-electron chi connectivity index (χ1n) is 9.79. The zero-order valence-electron chi connectivity index (χ0n) is 18.5. The maximum atomic E-state index is 12.4. The number of nitrogens with zero attached hydrogens (tertiary/aromatic N) is 2. The van der Waals surface area contributed by atoms with Gasteiger partial charge in [-0.25, -0.2) is 9.59 Å². The molecule has 0 amide bonds. The molecule has 1 aromatic heterocycles. The molecule has 0 spiro atoms. The molecule has 0 saturated carbocycles. The summed E-state index contributed by atoms with van der Waals surface area (Å²) < 4.78 is 17.9. The van der Waals surface area contributed by atoms with Crippen LogP contribution >= 0.6 is 15.9 Å². The number of esters is 1. The second kappa shape index (κ2) is 9.86. The minimum Gasteiger partial charge on any atom is -0.496 e. The van der Waals surface area contributed by atoms with Crippen LogP contribution in [0.3, 0.4) is 0 Å². The summed E-state index contributed by atoms with van der Waals surface area (Å²) >= 11 is 3.43. The van der Waals surface area contributed by atoms with Gasteiger partial charge in [0.1, 0.15) is 23.9 Å². The number of nitrogens with one attached hydrogen (secondary N) is 1. The highest BCUT2D eigenvalue weighted by Crippen LogP contribution is 2.34. The summed E-state index contributed by atoms with van der Waals surface area (Å²) in [6.07, 6.45) is 0. The van der Waals surface area contributed by atoms with Crippen molar-refractivity contribution in [3.8, 4) is 22.9 Å². The zero-order chi connectivity index (χ0) is 24.3. The number of halogens is 1. The fourth-order valence-electron chi connectivity index (χ4n) is 3.00. The number of benzene rings is 2. The van der Waals surface area contributed by atoms with Crippen LogP contribution < -0.4 is 20.7 Å². The van der Waals surface area contributed by atoms with Gasteiger partial charge >= 0.3 is 11.7 Å². The van der Waals surface area contributed by atoms with Crippen LogP contribution in [-0.4, -0.2) is 34.5 Å². The second-order valence-electron chi connectivity index (χ2n) is 7.36. The SMILES string of the molecule is C=C(C)COC(=O)c1nn(-c2cc(C)c(Oc3ccc(OC)c(Br)c3)c(C)c2)c(=O)[nH]c1=O. The minimum absolute atomic E-state index is 0.0647. The number of aromatic nitrogens is 3. The fourth-order valence-corrected chi connectivity index (χ4v) is 3.52. The van der Waals surface area contributed by atoms with Gasteiger partial charge in [0.05, 0.1) is 17.3 Å². The third-order valence-electron chi connectivity index (χ3n) is 4.50. The molecular formula is C23H22BrN3O6. The van der Waals surface area contributed by atoms with Crippen LogP contribution in [0.5, 0.6) is 17.2 Å². The number of hydrogen-bond donors (Lipinski definition) is 1. The number of carbonyl (C=O) groups is 1. The molecule has 0 radical (unpaired) electrons. The van der Waals surface area contributed by atoms with Gasteiger partial charge in [-0.15, -0.1) is 0 Å². The van der Waals surface area contributed by atoms with Crippen molar-refractivity contribution in [1.29, 1.82) is 0 Å². The summed E-state index contributed by atoms with van der Waals surface area (Å²) in [5.74, 6) is 0.900. The lowest BCUT2D eigenvalue weighted by atomic mass is 10.1. The molecule has 0 aliphatic heterocycles. The Morgan fingerprint density at radius 3 is 2.42 bits per heavy atom. The van der Waals surface area contributed by atoms with Gasteiger partial charge in [-0.3, -0.25) is 9.78 Å². The van der Waals surface area contributed by atoms with E-state index in [9.17, 15) is 14.4 Å². The highest BCUT2D eigenvalue weighted by Gasteiger charge is 2.19. The molecule has 0 unspecified atom stereocenters. The molecule has 0 fully saturated rings. The summed E-state index contributed by atoms with van der Waals surface area (Å²) in [5, 5.41) is 3.94. The van der Waals surface area contributed by atoms with Gasteiger partial charge in [-0.1, -0.05) is 6.58 Å². The first-order valence-corrected chi connectivity index (χ1v) is 10.6. The van der Waals surface area contributed by atoms with Gasteiger partial charge in [0, 0.05) is 0 Å². The highest BCUT2D eigenvalue weighted by atomic mass is 79.9. The highest BCUT2D eigenvalue weighted by molar-refractivity contribution is 9.10. The van der Waals surface area contributed by atoms with Crippen molar-refractivity contribution in [3.05, 3.63) is 84.6 Å². The lowest BCUT2D eigenvalue weighted by Gasteiger charge is -2.15. The van der Waals surface area contributed by atoms with Crippen molar-refractivity contribution >= 4 is 21.9 Å². The standard InChI is InChI=1S/C23H22BrN3O6/c1-12(2)11-32-22(29)19-21(28)25-23(30)27(26-19)15-8-13(3)20(14(4)9-15)33-16-6-7-18(31-5)17(24)10-16/h6-10H,1,11H2,2-5H3,(H,25,28,30). The van der Waals surface area contributed by atoms with Crippen molar-refractivity contribution in [2.45, 2.75) is 20.8 Å². The van der Waals surface area contributed by atoms with Gasteiger partial charge in [0.2, 0.25) is 5.69 Å². The molecule has 3 aromatic rings. The summed E-state index contributed by atoms with van der Waals surface area (Å²) in [7, 11) is 1.58. The Morgan fingerprint density at radius 1 is 1.18 bits per heavy atom. The lowest BCUT2D eigenvalue weighted by molar-refractivity contribution is 0.0528. The molecule has 0 aliphatic rings. The van der Waals surface area contributed by atoms with Crippen LogP contribution in [0.1, 0.15) is 28.5 Å². The third-order valence-corrected chi connectivity index (χ3v) is 5.12. The molecule has 33 heavy (non-hydrogen) atoms. The Labute approximate surface area is 197 Å². The average Bonchev–Trinajstić information content (AvgIpc) is 2.74. The van der Waals surface area contributed by atoms with Crippen molar-refractivity contribution in [1.82, 2.24) is 14.8 Å². The van der Waals surface area contributed by atoms with Gasteiger partial charge in [0.15, 0.2) is 0 Å². The van der Waals surface area contributed by atoms with Gasteiger partial charge in [-0.05, 0) is 83.7 Å². The van der Waals surface area contributed by atoms with E-state index in [-0.39, 0.29) is 6.61 Å². The molecular weight excluding hydrogens is 494 g/mol. The molecule has 172 valence electrons. The van der Waals surface area contributed by atoms with E-state index in [1.807, 2.05) is 13.8 Å². The first-order chi connectivity index (χ1) is 15.6. The van der Waals surface area contributed by atoms with Gasteiger partial charge in [-0.2, -0.15) is 9.78 Å². The summed E-state index contributed by atoms with van der Waals surface area (Å²) in [4.78, 5) is 38.8. The number of H-pyrrole nitrogens is 1. The van der Waals surface area contributed by atoms with E-state index >= 15 is 0 Å². The Bertz CT molecular complexity index is 1340. The molecule has 10 heteroatoms. The molecule has 2 aromatic carbocycles. The second-order valence-corrected chi connectivity index (χ2v) is 8.21. The number of carbonyl (C=O) groups excluding carboxylic acids is 1. The summed E-state index contributed by atoms with van der Waals surface area (Å²) in [6.45, 7) is 8.86. The van der Waals surface area contributed by atoms with Crippen molar-refractivity contribution in [2.24, 2.45) is 0 Å². The fraction of sp³-hybridized carbons (Fsp3) is 0.217. The number of hydrogen-bond acceptors (Lipinski definition) is 7. The number of ether oxygens (including phenoxy) is 3. The first kappa shape index (κ1) is 24.0. The Hall–Kier alpha value is -3.66. The molecule has 0 bridgehead atoms. The number of aryl methyl sites for hydroxylation is 2. The molecule has 1 heterocycles. The Morgan fingerprint density at radius 2 is 1.85 bits per heavy atom. The quantitative estimate of drug-likeness (QED) is 0.375. The van der Waals surface area contributed by atoms with E-state index in [1.54, 1.807) is 44.4 Å². The lowest BCUT2D eigenvalue weighted by Crippen LogP contribution is -2.36. The molecule has 3 rings (SSSR count). The van der Waals surface area contributed by atoms with E-state index in [2.05, 4.69) is 32.6 Å². The molecule has 0 atom stereocenters. The summed E-state index contributed by atoms with van der Waals surface area (Å²) in [5.41, 5.74) is 0.118. The maximum absolute atomic E-state index is 12.4. The number of rotatable bonds is 7. The van der Waals surface area contributed by atoms with Crippen molar-refractivity contribution < 1.29 is 19.0 Å². The van der Waals surface area contributed by atoms with Crippen molar-refractivity contribution in [3.63, 3.8) is 0 Å². The van der Waals surface area contributed by atoms with E-state index in [1.165, 1.54) is 0 Å². The van der Waals surface area contributed by atoms with E-state index in [0.717, 1.165) is 9.15 Å². The van der Waals surface area contributed by atoms with Crippen LogP contribution in [-0.2, 0) is 4.74 Å². The predicted molar refractivity (Wildman–Crippen MR) is 126 cm³/mol.